The molecule has 0 bridgehead atoms. The molecule has 0 aliphatic carbocycles. The van der Waals surface area contributed by atoms with E-state index in [4.69, 9.17) is 9.52 Å². The molecule has 2 aromatic rings. The lowest BCUT2D eigenvalue weighted by atomic mass is 10.1. The smallest absolute Gasteiger partial charge is 0.137 e. The summed E-state index contributed by atoms with van der Waals surface area (Å²) in [4.78, 5) is 0. The quantitative estimate of drug-likeness (QED) is 0.797. The van der Waals surface area contributed by atoms with Crippen LogP contribution >= 0.6 is 0 Å². The number of hydrogen-bond donors (Lipinski definition) is 1. The SMILES string of the molecule is CC(CO)c1cc2c(F)cccc2o1. The van der Waals surface area contributed by atoms with Gasteiger partial charge in [-0.25, -0.2) is 4.39 Å². The molecule has 0 aliphatic rings. The Labute approximate surface area is 81.0 Å². The fraction of sp³-hybridized carbons (Fsp3) is 0.273. The van der Waals surface area contributed by atoms with Crippen molar-refractivity contribution in [1.82, 2.24) is 0 Å². The Morgan fingerprint density at radius 2 is 2.29 bits per heavy atom. The Morgan fingerprint density at radius 1 is 1.50 bits per heavy atom. The lowest BCUT2D eigenvalue weighted by molar-refractivity contribution is 0.259. The van der Waals surface area contributed by atoms with Crippen molar-refractivity contribution in [1.29, 1.82) is 0 Å². The summed E-state index contributed by atoms with van der Waals surface area (Å²) in [5.74, 6) is 0.233. The number of aliphatic hydroxyl groups is 1. The molecule has 3 heteroatoms. The molecule has 1 aromatic carbocycles. The van der Waals surface area contributed by atoms with Crippen molar-refractivity contribution >= 4 is 11.0 Å². The van der Waals surface area contributed by atoms with E-state index in [1.54, 1.807) is 18.2 Å². The number of rotatable bonds is 2. The molecule has 1 unspecified atom stereocenters. The van der Waals surface area contributed by atoms with E-state index in [1.165, 1.54) is 6.07 Å². The van der Waals surface area contributed by atoms with Gasteiger partial charge in [0.15, 0.2) is 0 Å². The van der Waals surface area contributed by atoms with Gasteiger partial charge >= 0.3 is 0 Å². The van der Waals surface area contributed by atoms with Crippen LogP contribution in [0.25, 0.3) is 11.0 Å². The molecule has 1 atom stereocenters. The highest BCUT2D eigenvalue weighted by atomic mass is 19.1. The van der Waals surface area contributed by atoms with Gasteiger partial charge in [-0.15, -0.1) is 0 Å². The maximum atomic E-state index is 13.2. The Morgan fingerprint density at radius 3 is 2.93 bits per heavy atom. The second kappa shape index (κ2) is 3.42. The topological polar surface area (TPSA) is 33.4 Å². The molecule has 0 aliphatic heterocycles. The second-order valence-corrected chi connectivity index (χ2v) is 3.38. The number of halogens is 1. The maximum Gasteiger partial charge on any atom is 0.137 e. The monoisotopic (exact) mass is 194 g/mol. The van der Waals surface area contributed by atoms with Gasteiger partial charge in [-0.05, 0) is 18.2 Å². The van der Waals surface area contributed by atoms with E-state index in [2.05, 4.69) is 0 Å². The third-order valence-electron chi connectivity index (χ3n) is 2.29. The van der Waals surface area contributed by atoms with Crippen molar-refractivity contribution in [3.63, 3.8) is 0 Å². The van der Waals surface area contributed by atoms with Crippen LogP contribution in [0, 0.1) is 5.82 Å². The summed E-state index contributed by atoms with van der Waals surface area (Å²) in [6.07, 6.45) is 0. The number of benzene rings is 1. The molecule has 2 rings (SSSR count). The van der Waals surface area contributed by atoms with Gasteiger partial charge in [-0.3, -0.25) is 0 Å². The summed E-state index contributed by atoms with van der Waals surface area (Å²) in [6, 6.07) is 6.36. The molecule has 0 spiro atoms. The molecule has 0 saturated carbocycles. The van der Waals surface area contributed by atoms with E-state index < -0.39 is 0 Å². The van der Waals surface area contributed by atoms with Crippen molar-refractivity contribution in [2.75, 3.05) is 6.61 Å². The number of aliphatic hydroxyl groups excluding tert-OH is 1. The van der Waals surface area contributed by atoms with Crippen molar-refractivity contribution in [2.24, 2.45) is 0 Å². The summed E-state index contributed by atoms with van der Waals surface area (Å²) >= 11 is 0. The highest BCUT2D eigenvalue weighted by Crippen LogP contribution is 2.26. The molecule has 0 saturated heterocycles. The standard InChI is InChI=1S/C11H11FO2/c1-7(6-13)11-5-8-9(12)3-2-4-10(8)14-11/h2-5,7,13H,6H2,1H3. The molecular weight excluding hydrogens is 183 g/mol. The minimum absolute atomic E-state index is 0.00143. The molecule has 0 radical (unpaired) electrons. The lowest BCUT2D eigenvalue weighted by Gasteiger charge is -2.00. The molecule has 14 heavy (non-hydrogen) atoms. The van der Waals surface area contributed by atoms with Crippen LogP contribution in [-0.4, -0.2) is 11.7 Å². The first kappa shape index (κ1) is 9.21. The zero-order valence-corrected chi connectivity index (χ0v) is 7.83. The van der Waals surface area contributed by atoms with Gasteiger partial charge in [0.05, 0.1) is 12.0 Å². The number of furan rings is 1. The van der Waals surface area contributed by atoms with Gasteiger partial charge < -0.3 is 9.52 Å². The number of fused-ring (bicyclic) bond motifs is 1. The summed E-state index contributed by atoms with van der Waals surface area (Å²) in [7, 11) is 0. The second-order valence-electron chi connectivity index (χ2n) is 3.38. The van der Waals surface area contributed by atoms with E-state index >= 15 is 0 Å². The van der Waals surface area contributed by atoms with E-state index in [9.17, 15) is 4.39 Å². The van der Waals surface area contributed by atoms with Crippen molar-refractivity contribution < 1.29 is 13.9 Å². The van der Waals surface area contributed by atoms with E-state index in [0.717, 1.165) is 0 Å². The Balaban J connectivity index is 2.56. The van der Waals surface area contributed by atoms with Crippen LogP contribution in [0.1, 0.15) is 18.6 Å². The summed E-state index contributed by atoms with van der Waals surface area (Å²) < 4.78 is 18.6. The predicted molar refractivity (Wildman–Crippen MR) is 51.7 cm³/mol. The molecule has 0 amide bonds. The Hall–Kier alpha value is -1.35. The average Bonchev–Trinajstić information content (AvgIpc) is 2.62. The largest absolute Gasteiger partial charge is 0.461 e. The highest BCUT2D eigenvalue weighted by Gasteiger charge is 2.12. The van der Waals surface area contributed by atoms with E-state index in [-0.39, 0.29) is 18.3 Å². The van der Waals surface area contributed by atoms with Crippen LogP contribution < -0.4 is 0 Å². The third-order valence-corrected chi connectivity index (χ3v) is 2.29. The van der Waals surface area contributed by atoms with Gasteiger partial charge in [0.25, 0.3) is 0 Å². The Bertz CT molecular complexity index is 447. The van der Waals surface area contributed by atoms with Crippen LogP contribution in [0.4, 0.5) is 4.39 Å². The van der Waals surface area contributed by atoms with Crippen molar-refractivity contribution in [3.8, 4) is 0 Å². The first-order valence-electron chi connectivity index (χ1n) is 4.51. The normalized spacial score (nSPS) is 13.4. The molecule has 1 heterocycles. The van der Waals surface area contributed by atoms with Crippen LogP contribution in [-0.2, 0) is 0 Å². The van der Waals surface area contributed by atoms with Gasteiger partial charge in [0.1, 0.15) is 17.2 Å². The number of hydrogen-bond acceptors (Lipinski definition) is 2. The van der Waals surface area contributed by atoms with Crippen LogP contribution in [0.3, 0.4) is 0 Å². The van der Waals surface area contributed by atoms with Crippen LogP contribution in [0.15, 0.2) is 28.7 Å². The first-order chi connectivity index (χ1) is 6.72. The zero-order chi connectivity index (χ0) is 10.1. The zero-order valence-electron chi connectivity index (χ0n) is 7.83. The van der Waals surface area contributed by atoms with Crippen LogP contribution in [0.2, 0.25) is 0 Å². The van der Waals surface area contributed by atoms with Gasteiger partial charge in [-0.1, -0.05) is 13.0 Å². The van der Waals surface area contributed by atoms with E-state index in [0.29, 0.717) is 16.7 Å². The van der Waals surface area contributed by atoms with Gasteiger partial charge in [0, 0.05) is 5.92 Å². The highest BCUT2D eigenvalue weighted by molar-refractivity contribution is 5.78. The first-order valence-corrected chi connectivity index (χ1v) is 4.51. The minimum atomic E-state index is -0.289. The van der Waals surface area contributed by atoms with Crippen molar-refractivity contribution in [2.45, 2.75) is 12.8 Å². The average molecular weight is 194 g/mol. The maximum absolute atomic E-state index is 13.2. The molecule has 1 aromatic heterocycles. The Kier molecular flexibility index (Phi) is 2.25. The van der Waals surface area contributed by atoms with Crippen molar-refractivity contribution in [3.05, 3.63) is 35.8 Å². The fourth-order valence-corrected chi connectivity index (χ4v) is 1.38. The fourth-order valence-electron chi connectivity index (χ4n) is 1.38. The molecule has 2 nitrogen and oxygen atoms in total. The van der Waals surface area contributed by atoms with Gasteiger partial charge in [-0.2, -0.15) is 0 Å². The summed E-state index contributed by atoms with van der Waals surface area (Å²) in [6.45, 7) is 1.83. The van der Waals surface area contributed by atoms with Gasteiger partial charge in [0.2, 0.25) is 0 Å². The lowest BCUT2D eigenvalue weighted by Crippen LogP contribution is -1.95. The molecular formula is C11H11FO2. The summed E-state index contributed by atoms with van der Waals surface area (Å²) in [5, 5.41) is 9.40. The minimum Gasteiger partial charge on any atom is -0.461 e. The van der Waals surface area contributed by atoms with E-state index in [1.807, 2.05) is 6.92 Å². The molecule has 1 N–H and O–H groups in total. The molecule has 0 fully saturated rings. The molecule has 74 valence electrons. The summed E-state index contributed by atoms with van der Waals surface area (Å²) in [5.41, 5.74) is 0.528. The third kappa shape index (κ3) is 1.40. The van der Waals surface area contributed by atoms with Crippen LogP contribution in [0.5, 0.6) is 0 Å². The predicted octanol–water partition coefficient (Wildman–Crippen LogP) is 2.67.